The van der Waals surface area contributed by atoms with E-state index in [1.165, 1.54) is 32.1 Å². The SMILES string of the molecule is CC12CC3CC(CC(C3)C1OCCO)C2. The lowest BCUT2D eigenvalue weighted by molar-refractivity contribution is -0.175. The number of hydrogen-bond donors (Lipinski definition) is 1. The largest absolute Gasteiger partial charge is 0.394 e. The molecule has 4 bridgehead atoms. The van der Waals surface area contributed by atoms with Crippen LogP contribution in [-0.2, 0) is 4.74 Å². The number of hydrogen-bond acceptors (Lipinski definition) is 2. The van der Waals surface area contributed by atoms with Crippen LogP contribution in [0.15, 0.2) is 0 Å². The Morgan fingerprint density at radius 1 is 1.20 bits per heavy atom. The lowest BCUT2D eigenvalue weighted by Crippen LogP contribution is -2.55. The van der Waals surface area contributed by atoms with Gasteiger partial charge in [-0.25, -0.2) is 0 Å². The molecule has 3 unspecified atom stereocenters. The zero-order valence-corrected chi connectivity index (χ0v) is 9.61. The van der Waals surface area contributed by atoms with E-state index in [1.807, 2.05) is 0 Å². The van der Waals surface area contributed by atoms with Crippen LogP contribution < -0.4 is 0 Å². The average molecular weight is 210 g/mol. The molecule has 4 rings (SSSR count). The first-order valence-electron chi connectivity index (χ1n) is 6.44. The minimum Gasteiger partial charge on any atom is -0.394 e. The van der Waals surface area contributed by atoms with Gasteiger partial charge in [-0.3, -0.25) is 0 Å². The normalized spacial score (nSPS) is 52.4. The lowest BCUT2D eigenvalue weighted by atomic mass is 9.49. The van der Waals surface area contributed by atoms with E-state index < -0.39 is 0 Å². The van der Waals surface area contributed by atoms with Crippen molar-refractivity contribution in [2.75, 3.05) is 13.2 Å². The van der Waals surface area contributed by atoms with E-state index in [0.717, 1.165) is 17.8 Å². The van der Waals surface area contributed by atoms with Gasteiger partial charge in [0.1, 0.15) is 0 Å². The Hall–Kier alpha value is -0.0800. The summed E-state index contributed by atoms with van der Waals surface area (Å²) in [6, 6.07) is 0. The molecule has 0 spiro atoms. The molecule has 0 heterocycles. The number of rotatable bonds is 3. The van der Waals surface area contributed by atoms with E-state index in [-0.39, 0.29) is 6.61 Å². The summed E-state index contributed by atoms with van der Waals surface area (Å²) in [6.07, 6.45) is 7.45. The molecule has 4 aliphatic carbocycles. The summed E-state index contributed by atoms with van der Waals surface area (Å²) < 4.78 is 5.92. The zero-order valence-electron chi connectivity index (χ0n) is 9.61. The molecule has 3 atom stereocenters. The molecular formula is C13H22O2. The third-order valence-corrected chi connectivity index (χ3v) is 4.95. The number of aliphatic hydroxyl groups excluding tert-OH is 1. The Labute approximate surface area is 92.0 Å². The molecule has 4 saturated carbocycles. The van der Waals surface area contributed by atoms with Crippen molar-refractivity contribution in [1.29, 1.82) is 0 Å². The summed E-state index contributed by atoms with van der Waals surface area (Å²) in [7, 11) is 0. The van der Waals surface area contributed by atoms with E-state index in [0.29, 0.717) is 18.1 Å². The summed E-state index contributed by atoms with van der Waals surface area (Å²) in [5.41, 5.74) is 0.434. The van der Waals surface area contributed by atoms with Crippen LogP contribution in [0.25, 0.3) is 0 Å². The number of ether oxygens (including phenoxy) is 1. The molecule has 0 aromatic carbocycles. The fourth-order valence-corrected chi connectivity index (χ4v) is 4.92. The minimum atomic E-state index is 0.173. The number of aliphatic hydroxyl groups is 1. The van der Waals surface area contributed by atoms with Crippen molar-refractivity contribution in [1.82, 2.24) is 0 Å². The standard InChI is InChI=1S/C13H22O2/c1-13-7-9-4-10(8-13)6-11(5-9)12(13)15-3-2-14/h9-12,14H,2-8H2,1H3. The van der Waals surface area contributed by atoms with Gasteiger partial charge in [-0.2, -0.15) is 0 Å². The first-order chi connectivity index (χ1) is 7.21. The summed E-state index contributed by atoms with van der Waals surface area (Å²) in [5, 5.41) is 8.88. The van der Waals surface area contributed by atoms with Gasteiger partial charge in [0, 0.05) is 0 Å². The predicted octanol–water partition coefficient (Wildman–Crippen LogP) is 2.21. The van der Waals surface area contributed by atoms with Crippen LogP contribution >= 0.6 is 0 Å². The van der Waals surface area contributed by atoms with Crippen molar-refractivity contribution in [2.24, 2.45) is 23.2 Å². The Morgan fingerprint density at radius 2 is 1.87 bits per heavy atom. The van der Waals surface area contributed by atoms with Crippen molar-refractivity contribution in [3.63, 3.8) is 0 Å². The van der Waals surface area contributed by atoms with Crippen LogP contribution in [0.2, 0.25) is 0 Å². The molecule has 0 amide bonds. The second kappa shape index (κ2) is 3.46. The fraction of sp³-hybridized carbons (Fsp3) is 1.00. The van der Waals surface area contributed by atoms with Crippen LogP contribution in [0, 0.1) is 23.2 Å². The first kappa shape index (κ1) is 10.1. The van der Waals surface area contributed by atoms with E-state index in [1.54, 1.807) is 0 Å². The van der Waals surface area contributed by atoms with Gasteiger partial charge < -0.3 is 9.84 Å². The van der Waals surface area contributed by atoms with Gasteiger partial charge in [0.25, 0.3) is 0 Å². The van der Waals surface area contributed by atoms with Crippen molar-refractivity contribution in [3.8, 4) is 0 Å². The van der Waals surface area contributed by atoms with Gasteiger partial charge >= 0.3 is 0 Å². The summed E-state index contributed by atoms with van der Waals surface area (Å²) >= 11 is 0. The monoisotopic (exact) mass is 210 g/mol. The van der Waals surface area contributed by atoms with Gasteiger partial charge in [0.15, 0.2) is 0 Å². The van der Waals surface area contributed by atoms with E-state index >= 15 is 0 Å². The van der Waals surface area contributed by atoms with E-state index in [2.05, 4.69) is 6.92 Å². The Morgan fingerprint density at radius 3 is 2.40 bits per heavy atom. The highest BCUT2D eigenvalue weighted by molar-refractivity contribution is 5.05. The Kier molecular flexibility index (Phi) is 2.33. The van der Waals surface area contributed by atoms with Crippen LogP contribution in [0.5, 0.6) is 0 Å². The molecule has 15 heavy (non-hydrogen) atoms. The van der Waals surface area contributed by atoms with E-state index in [4.69, 9.17) is 9.84 Å². The lowest BCUT2D eigenvalue weighted by Gasteiger charge is -2.59. The van der Waals surface area contributed by atoms with Gasteiger partial charge in [0.05, 0.1) is 19.3 Å². The quantitative estimate of drug-likeness (QED) is 0.774. The van der Waals surface area contributed by atoms with E-state index in [9.17, 15) is 0 Å². The van der Waals surface area contributed by atoms with Crippen molar-refractivity contribution in [2.45, 2.75) is 45.1 Å². The molecule has 1 N–H and O–H groups in total. The second-order valence-electron chi connectivity index (χ2n) is 6.28. The van der Waals surface area contributed by atoms with Crippen LogP contribution in [0.3, 0.4) is 0 Å². The van der Waals surface area contributed by atoms with Crippen LogP contribution in [0.4, 0.5) is 0 Å². The summed E-state index contributed by atoms with van der Waals surface area (Å²) in [6.45, 7) is 3.12. The molecule has 0 saturated heterocycles. The molecule has 4 fully saturated rings. The van der Waals surface area contributed by atoms with Crippen molar-refractivity contribution >= 4 is 0 Å². The van der Waals surface area contributed by atoms with Gasteiger partial charge in [-0.05, 0) is 55.3 Å². The van der Waals surface area contributed by atoms with Gasteiger partial charge in [-0.1, -0.05) is 6.92 Å². The molecule has 0 radical (unpaired) electrons. The highest BCUT2D eigenvalue weighted by Gasteiger charge is 2.55. The highest BCUT2D eigenvalue weighted by atomic mass is 16.5. The third-order valence-electron chi connectivity index (χ3n) is 4.95. The van der Waals surface area contributed by atoms with Gasteiger partial charge in [-0.15, -0.1) is 0 Å². The maximum absolute atomic E-state index is 8.88. The first-order valence-corrected chi connectivity index (χ1v) is 6.44. The molecule has 4 aliphatic rings. The topological polar surface area (TPSA) is 29.5 Å². The van der Waals surface area contributed by atoms with Crippen LogP contribution in [-0.4, -0.2) is 24.4 Å². The molecule has 0 aliphatic heterocycles. The maximum atomic E-state index is 8.88. The van der Waals surface area contributed by atoms with Gasteiger partial charge in [0.2, 0.25) is 0 Å². The van der Waals surface area contributed by atoms with Crippen molar-refractivity contribution in [3.05, 3.63) is 0 Å². The smallest absolute Gasteiger partial charge is 0.0701 e. The van der Waals surface area contributed by atoms with Crippen LogP contribution in [0.1, 0.15) is 39.0 Å². The molecule has 0 aromatic rings. The molecule has 2 nitrogen and oxygen atoms in total. The molecule has 0 aromatic heterocycles. The molecular weight excluding hydrogens is 188 g/mol. The Balaban J connectivity index is 1.77. The molecule has 86 valence electrons. The fourth-order valence-electron chi connectivity index (χ4n) is 4.92. The average Bonchev–Trinajstić information content (AvgIpc) is 2.14. The summed E-state index contributed by atoms with van der Waals surface area (Å²) in [4.78, 5) is 0. The highest BCUT2D eigenvalue weighted by Crippen LogP contribution is 2.60. The summed E-state index contributed by atoms with van der Waals surface area (Å²) in [5.74, 6) is 2.77. The second-order valence-corrected chi connectivity index (χ2v) is 6.28. The minimum absolute atomic E-state index is 0.173. The van der Waals surface area contributed by atoms with Crippen molar-refractivity contribution < 1.29 is 9.84 Å². The zero-order chi connectivity index (χ0) is 10.5. The molecule has 2 heteroatoms. The maximum Gasteiger partial charge on any atom is 0.0701 e. The third kappa shape index (κ3) is 1.53. The predicted molar refractivity (Wildman–Crippen MR) is 58.5 cm³/mol. The Bertz CT molecular complexity index is 237.